The van der Waals surface area contributed by atoms with Crippen molar-refractivity contribution in [1.82, 2.24) is 9.80 Å². The summed E-state index contributed by atoms with van der Waals surface area (Å²) in [6.07, 6.45) is 2.42. The lowest BCUT2D eigenvalue weighted by molar-refractivity contribution is -0.136. The maximum Gasteiger partial charge on any atom is 0.237 e. The first-order valence-corrected chi connectivity index (χ1v) is 12.6. The molecule has 1 aliphatic carbocycles. The van der Waals surface area contributed by atoms with Gasteiger partial charge in [0.05, 0.1) is 32.4 Å². The Hall–Kier alpha value is -2.13. The van der Waals surface area contributed by atoms with E-state index >= 15 is 0 Å². The summed E-state index contributed by atoms with van der Waals surface area (Å²) in [5, 5.41) is 12.4. The van der Waals surface area contributed by atoms with Crippen LogP contribution in [0.15, 0.2) is 35.7 Å². The maximum atomic E-state index is 13.5. The minimum Gasteiger partial charge on any atom is -0.493 e. The molecule has 4 rings (SSSR count). The van der Waals surface area contributed by atoms with E-state index in [4.69, 9.17) is 14.2 Å². The number of nitrogens with zero attached hydrogens (tertiary/aromatic N) is 2. The molecule has 0 spiro atoms. The summed E-state index contributed by atoms with van der Waals surface area (Å²) >= 11 is 1.74. The molecular weight excluding hydrogens is 440 g/mol. The Morgan fingerprint density at radius 3 is 2.79 bits per heavy atom. The summed E-state index contributed by atoms with van der Waals surface area (Å²) in [6.45, 7) is 4.58. The van der Waals surface area contributed by atoms with Crippen LogP contribution in [0.25, 0.3) is 0 Å². The lowest BCUT2D eigenvalue weighted by atomic mass is 10.0. The third-order valence-electron chi connectivity index (χ3n) is 6.24. The molecule has 2 aliphatic rings. The van der Waals surface area contributed by atoms with E-state index in [9.17, 15) is 9.90 Å². The van der Waals surface area contributed by atoms with Crippen molar-refractivity contribution >= 4 is 17.2 Å². The zero-order valence-corrected chi connectivity index (χ0v) is 20.3. The van der Waals surface area contributed by atoms with Crippen LogP contribution in [0, 0.1) is 0 Å². The molecule has 0 unspecified atom stereocenters. The van der Waals surface area contributed by atoms with E-state index in [-0.39, 0.29) is 11.9 Å². The van der Waals surface area contributed by atoms with Gasteiger partial charge in [-0.1, -0.05) is 12.1 Å². The number of methoxy groups -OCH3 is 1. The second kappa shape index (κ2) is 11.3. The Balaban J connectivity index is 1.45. The van der Waals surface area contributed by atoms with Crippen LogP contribution in [0.3, 0.4) is 0 Å². The number of para-hydroxylation sites is 2. The highest BCUT2D eigenvalue weighted by Crippen LogP contribution is 2.36. The second-order valence-corrected chi connectivity index (χ2v) is 9.59. The molecular formula is C25H34N2O5S. The molecule has 2 atom stereocenters. The number of fused-ring (bicyclic) bond motifs is 1. The number of hydrogen-bond acceptors (Lipinski definition) is 7. The van der Waals surface area contributed by atoms with Gasteiger partial charge in [0.1, 0.15) is 6.61 Å². The zero-order valence-electron chi connectivity index (χ0n) is 19.4. The summed E-state index contributed by atoms with van der Waals surface area (Å²) in [5.41, 5.74) is 1.17. The number of carbonyl (C=O) groups is 1. The van der Waals surface area contributed by atoms with Crippen LogP contribution in [0.5, 0.6) is 11.5 Å². The fourth-order valence-electron chi connectivity index (χ4n) is 4.41. The van der Waals surface area contributed by atoms with Gasteiger partial charge < -0.3 is 24.2 Å². The van der Waals surface area contributed by atoms with Crippen molar-refractivity contribution < 1.29 is 24.1 Å². The van der Waals surface area contributed by atoms with E-state index in [0.717, 1.165) is 19.3 Å². The number of amides is 1. The fraction of sp³-hybridized carbons (Fsp3) is 0.560. The van der Waals surface area contributed by atoms with Crippen LogP contribution >= 0.6 is 11.3 Å². The van der Waals surface area contributed by atoms with Gasteiger partial charge in [0, 0.05) is 30.6 Å². The molecule has 1 aromatic heterocycles. The Morgan fingerprint density at radius 1 is 1.27 bits per heavy atom. The van der Waals surface area contributed by atoms with Crippen molar-refractivity contribution in [2.45, 2.75) is 44.4 Å². The first-order chi connectivity index (χ1) is 16.1. The Bertz CT molecular complexity index is 916. The van der Waals surface area contributed by atoms with Gasteiger partial charge in [-0.2, -0.15) is 0 Å². The SMILES string of the molecule is CCOC[C@H](O)CN(CC(=O)N1CCc2sccc2[C@H]1COc1ccccc1OC)C1CC1. The lowest BCUT2D eigenvalue weighted by Crippen LogP contribution is -2.48. The van der Waals surface area contributed by atoms with Gasteiger partial charge >= 0.3 is 0 Å². The second-order valence-electron chi connectivity index (χ2n) is 8.59. The van der Waals surface area contributed by atoms with Crippen molar-refractivity contribution in [3.63, 3.8) is 0 Å². The topological polar surface area (TPSA) is 71.5 Å². The number of hydrogen-bond donors (Lipinski definition) is 1. The average molecular weight is 475 g/mol. The number of aliphatic hydroxyl groups excluding tert-OH is 1. The quantitative estimate of drug-likeness (QED) is 0.510. The summed E-state index contributed by atoms with van der Waals surface area (Å²) in [5.74, 6) is 1.43. The third-order valence-corrected chi connectivity index (χ3v) is 7.24. The highest BCUT2D eigenvalue weighted by atomic mass is 32.1. The first-order valence-electron chi connectivity index (χ1n) is 11.7. The lowest BCUT2D eigenvalue weighted by Gasteiger charge is -2.37. The number of thiophene rings is 1. The minimum atomic E-state index is -0.590. The largest absolute Gasteiger partial charge is 0.493 e. The highest BCUT2D eigenvalue weighted by molar-refractivity contribution is 7.10. The average Bonchev–Trinajstić information content (AvgIpc) is 3.57. The molecule has 33 heavy (non-hydrogen) atoms. The van der Waals surface area contributed by atoms with E-state index in [1.165, 1.54) is 10.4 Å². The summed E-state index contributed by atoms with van der Waals surface area (Å²) in [7, 11) is 1.63. The predicted octanol–water partition coefficient (Wildman–Crippen LogP) is 3.12. The van der Waals surface area contributed by atoms with Crippen molar-refractivity contribution in [2.75, 3.05) is 46.6 Å². The molecule has 2 aromatic rings. The van der Waals surface area contributed by atoms with Crippen LogP contribution in [0.2, 0.25) is 0 Å². The molecule has 2 heterocycles. The molecule has 0 saturated heterocycles. The van der Waals surface area contributed by atoms with Gasteiger partial charge in [0.2, 0.25) is 5.91 Å². The number of carbonyl (C=O) groups excluding carboxylic acids is 1. The molecule has 1 aromatic carbocycles. The minimum absolute atomic E-state index is 0.0796. The van der Waals surface area contributed by atoms with Gasteiger partial charge in [-0.25, -0.2) is 0 Å². The molecule has 1 N–H and O–H groups in total. The molecule has 0 radical (unpaired) electrons. The Labute approximate surface area is 199 Å². The summed E-state index contributed by atoms with van der Waals surface area (Å²) < 4.78 is 16.9. The number of rotatable bonds is 12. The van der Waals surface area contributed by atoms with E-state index in [2.05, 4.69) is 16.3 Å². The molecule has 1 aliphatic heterocycles. The predicted molar refractivity (Wildman–Crippen MR) is 128 cm³/mol. The van der Waals surface area contributed by atoms with Crippen molar-refractivity contribution in [3.8, 4) is 11.5 Å². The summed E-state index contributed by atoms with van der Waals surface area (Å²) in [6, 6.07) is 9.92. The number of benzene rings is 1. The Kier molecular flexibility index (Phi) is 8.25. The molecule has 180 valence electrons. The van der Waals surface area contributed by atoms with E-state index in [1.807, 2.05) is 36.1 Å². The monoisotopic (exact) mass is 474 g/mol. The number of aliphatic hydroxyl groups is 1. The fourth-order valence-corrected chi connectivity index (χ4v) is 5.33. The van der Waals surface area contributed by atoms with Crippen molar-refractivity contribution in [3.05, 3.63) is 46.2 Å². The molecule has 1 amide bonds. The van der Waals surface area contributed by atoms with Gasteiger partial charge in [-0.05, 0) is 55.3 Å². The molecule has 7 nitrogen and oxygen atoms in total. The van der Waals surface area contributed by atoms with Crippen LogP contribution in [0.4, 0.5) is 0 Å². The van der Waals surface area contributed by atoms with Crippen LogP contribution < -0.4 is 9.47 Å². The van der Waals surface area contributed by atoms with Crippen molar-refractivity contribution in [1.29, 1.82) is 0 Å². The van der Waals surface area contributed by atoms with Gasteiger partial charge in [-0.3, -0.25) is 9.69 Å². The molecule has 8 heteroatoms. The van der Waals surface area contributed by atoms with E-state index in [0.29, 0.717) is 57.0 Å². The van der Waals surface area contributed by atoms with Gasteiger partial charge in [-0.15, -0.1) is 11.3 Å². The first kappa shape index (κ1) is 24.0. The van der Waals surface area contributed by atoms with Gasteiger partial charge in [0.15, 0.2) is 11.5 Å². The van der Waals surface area contributed by atoms with Crippen LogP contribution in [-0.4, -0.2) is 79.5 Å². The third kappa shape index (κ3) is 6.06. The molecule has 1 saturated carbocycles. The summed E-state index contributed by atoms with van der Waals surface area (Å²) in [4.78, 5) is 18.9. The van der Waals surface area contributed by atoms with E-state index in [1.54, 1.807) is 18.4 Å². The van der Waals surface area contributed by atoms with Crippen LogP contribution in [-0.2, 0) is 16.0 Å². The molecule has 1 fully saturated rings. The van der Waals surface area contributed by atoms with Gasteiger partial charge in [0.25, 0.3) is 0 Å². The smallest absolute Gasteiger partial charge is 0.237 e. The normalized spacial score (nSPS) is 18.8. The highest BCUT2D eigenvalue weighted by Gasteiger charge is 2.36. The van der Waals surface area contributed by atoms with Crippen molar-refractivity contribution in [2.24, 2.45) is 0 Å². The Morgan fingerprint density at radius 2 is 2.06 bits per heavy atom. The zero-order chi connectivity index (χ0) is 23.2. The standard InChI is InChI=1S/C25H34N2O5S/c1-3-31-16-19(28)14-26(18-8-9-18)15-25(29)27-12-10-24-20(11-13-33-24)21(27)17-32-23-7-5-4-6-22(23)30-2/h4-7,11,13,18-19,21,28H,3,8-10,12,14-17H2,1-2H3/t19-,21-/m1/s1. The maximum absolute atomic E-state index is 13.5. The van der Waals surface area contributed by atoms with Crippen LogP contribution in [0.1, 0.15) is 36.2 Å². The van der Waals surface area contributed by atoms with E-state index < -0.39 is 6.10 Å². The molecule has 0 bridgehead atoms. The number of ether oxygens (including phenoxy) is 3.